The van der Waals surface area contributed by atoms with E-state index < -0.39 is 0 Å². The van der Waals surface area contributed by atoms with E-state index in [4.69, 9.17) is 4.99 Å². The van der Waals surface area contributed by atoms with Crippen LogP contribution in [0.5, 0.6) is 0 Å². The second-order valence-electron chi connectivity index (χ2n) is 7.66. The average molecular weight is 409 g/mol. The Morgan fingerprint density at radius 2 is 1.77 bits per heavy atom. The SMILES string of the molecule is CCNC(=NCC(c1ccccc1)N1CCCC1)NCCCCNc1ccccn1. The van der Waals surface area contributed by atoms with Crippen molar-refractivity contribution < 1.29 is 0 Å². The van der Waals surface area contributed by atoms with Gasteiger partial charge in [0.1, 0.15) is 5.82 Å². The molecule has 2 heterocycles. The number of benzene rings is 1. The van der Waals surface area contributed by atoms with Gasteiger partial charge in [-0.15, -0.1) is 0 Å². The zero-order chi connectivity index (χ0) is 20.9. The van der Waals surface area contributed by atoms with E-state index in [-0.39, 0.29) is 0 Å². The van der Waals surface area contributed by atoms with E-state index in [0.717, 1.165) is 50.8 Å². The number of pyridine rings is 1. The van der Waals surface area contributed by atoms with Gasteiger partial charge in [-0.1, -0.05) is 36.4 Å². The van der Waals surface area contributed by atoms with Crippen LogP contribution < -0.4 is 16.0 Å². The van der Waals surface area contributed by atoms with Gasteiger partial charge in [0.15, 0.2) is 5.96 Å². The number of guanidine groups is 1. The number of rotatable bonds is 11. The summed E-state index contributed by atoms with van der Waals surface area (Å²) in [6.07, 6.45) is 6.56. The molecular formula is C24H36N6. The van der Waals surface area contributed by atoms with Gasteiger partial charge in [-0.2, -0.15) is 0 Å². The van der Waals surface area contributed by atoms with Crippen LogP contribution >= 0.6 is 0 Å². The monoisotopic (exact) mass is 408 g/mol. The minimum Gasteiger partial charge on any atom is -0.370 e. The Balaban J connectivity index is 1.46. The van der Waals surface area contributed by atoms with Crippen molar-refractivity contribution in [3.63, 3.8) is 0 Å². The summed E-state index contributed by atoms with van der Waals surface area (Å²) >= 11 is 0. The lowest BCUT2D eigenvalue weighted by Gasteiger charge is -2.27. The molecule has 0 aliphatic carbocycles. The molecule has 1 saturated heterocycles. The molecule has 0 radical (unpaired) electrons. The molecule has 1 unspecified atom stereocenters. The predicted octanol–water partition coefficient (Wildman–Crippen LogP) is 3.67. The van der Waals surface area contributed by atoms with Gasteiger partial charge in [-0.25, -0.2) is 4.98 Å². The summed E-state index contributed by atoms with van der Waals surface area (Å²) in [5.41, 5.74) is 1.36. The van der Waals surface area contributed by atoms with Crippen LogP contribution in [-0.2, 0) is 0 Å². The molecule has 3 N–H and O–H groups in total. The highest BCUT2D eigenvalue weighted by Gasteiger charge is 2.23. The number of hydrogen-bond acceptors (Lipinski definition) is 4. The predicted molar refractivity (Wildman–Crippen MR) is 126 cm³/mol. The summed E-state index contributed by atoms with van der Waals surface area (Å²) in [5, 5.41) is 10.2. The zero-order valence-corrected chi connectivity index (χ0v) is 18.2. The number of nitrogens with one attached hydrogen (secondary N) is 3. The Morgan fingerprint density at radius 3 is 2.50 bits per heavy atom. The molecule has 30 heavy (non-hydrogen) atoms. The smallest absolute Gasteiger partial charge is 0.191 e. The number of nitrogens with zero attached hydrogens (tertiary/aromatic N) is 3. The molecule has 6 nitrogen and oxygen atoms in total. The Hall–Kier alpha value is -2.60. The molecule has 0 saturated carbocycles. The highest BCUT2D eigenvalue weighted by Crippen LogP contribution is 2.25. The van der Waals surface area contributed by atoms with Gasteiger partial charge in [0, 0.05) is 25.8 Å². The molecule has 0 bridgehead atoms. The van der Waals surface area contributed by atoms with Crippen molar-refractivity contribution in [2.45, 2.75) is 38.6 Å². The summed E-state index contributed by atoms with van der Waals surface area (Å²) in [5.74, 6) is 1.85. The molecule has 0 amide bonds. The van der Waals surface area contributed by atoms with E-state index in [1.54, 1.807) is 0 Å². The molecule has 6 heteroatoms. The van der Waals surface area contributed by atoms with E-state index in [1.807, 2.05) is 24.4 Å². The first kappa shape index (κ1) is 22.1. The summed E-state index contributed by atoms with van der Waals surface area (Å²) in [6.45, 7) is 7.94. The first-order valence-electron chi connectivity index (χ1n) is 11.3. The van der Waals surface area contributed by atoms with E-state index in [9.17, 15) is 0 Å². The van der Waals surface area contributed by atoms with Crippen molar-refractivity contribution >= 4 is 11.8 Å². The number of hydrogen-bond donors (Lipinski definition) is 3. The van der Waals surface area contributed by atoms with Crippen LogP contribution in [0.15, 0.2) is 59.7 Å². The fourth-order valence-corrected chi connectivity index (χ4v) is 3.82. The quantitative estimate of drug-likeness (QED) is 0.301. The second-order valence-corrected chi connectivity index (χ2v) is 7.66. The highest BCUT2D eigenvalue weighted by molar-refractivity contribution is 5.79. The molecule has 1 aromatic carbocycles. The summed E-state index contributed by atoms with van der Waals surface area (Å²) in [4.78, 5) is 11.8. The normalized spacial score (nSPS) is 15.7. The summed E-state index contributed by atoms with van der Waals surface area (Å²) < 4.78 is 0. The minimum absolute atomic E-state index is 0.353. The van der Waals surface area contributed by atoms with Crippen LogP contribution in [-0.4, -0.2) is 55.1 Å². The van der Waals surface area contributed by atoms with Crippen LogP contribution in [0.2, 0.25) is 0 Å². The van der Waals surface area contributed by atoms with Crippen molar-refractivity contribution in [2.75, 3.05) is 44.6 Å². The Bertz CT molecular complexity index is 728. The van der Waals surface area contributed by atoms with Crippen molar-refractivity contribution in [1.82, 2.24) is 20.5 Å². The van der Waals surface area contributed by atoms with E-state index >= 15 is 0 Å². The Kier molecular flexibility index (Phi) is 9.47. The van der Waals surface area contributed by atoms with Gasteiger partial charge in [-0.05, 0) is 63.4 Å². The van der Waals surface area contributed by atoms with Gasteiger partial charge in [0.2, 0.25) is 0 Å². The van der Waals surface area contributed by atoms with Crippen molar-refractivity contribution in [3.8, 4) is 0 Å². The fourth-order valence-electron chi connectivity index (χ4n) is 3.82. The molecule has 162 valence electrons. The average Bonchev–Trinajstić information content (AvgIpc) is 3.32. The van der Waals surface area contributed by atoms with Crippen molar-refractivity contribution in [1.29, 1.82) is 0 Å². The largest absolute Gasteiger partial charge is 0.370 e. The van der Waals surface area contributed by atoms with E-state index in [2.05, 4.69) is 63.1 Å². The highest BCUT2D eigenvalue weighted by atomic mass is 15.2. The van der Waals surface area contributed by atoms with Crippen molar-refractivity contribution in [3.05, 3.63) is 60.3 Å². The fraction of sp³-hybridized carbons (Fsp3) is 0.500. The Labute approximate surface area is 181 Å². The molecule has 1 atom stereocenters. The third-order valence-electron chi connectivity index (χ3n) is 5.40. The lowest BCUT2D eigenvalue weighted by atomic mass is 10.1. The molecule has 1 fully saturated rings. The molecular weight excluding hydrogens is 372 g/mol. The standard InChI is InChI=1S/C24H36N6/c1-2-25-24(28-17-9-8-16-27-23-14-6-7-15-26-23)29-20-22(30-18-10-11-19-30)21-12-4-3-5-13-21/h3-7,12-15,22H,2,8-11,16-20H2,1H3,(H,26,27)(H2,25,28,29). The summed E-state index contributed by atoms with van der Waals surface area (Å²) in [7, 11) is 0. The van der Waals surface area contributed by atoms with Crippen LogP contribution in [0.4, 0.5) is 5.82 Å². The third-order valence-corrected chi connectivity index (χ3v) is 5.40. The maximum Gasteiger partial charge on any atom is 0.191 e. The topological polar surface area (TPSA) is 64.6 Å². The van der Waals surface area contributed by atoms with Crippen LogP contribution in [0.25, 0.3) is 0 Å². The number of likely N-dealkylation sites (tertiary alicyclic amines) is 1. The minimum atomic E-state index is 0.353. The van der Waals surface area contributed by atoms with E-state index in [1.165, 1.54) is 31.5 Å². The van der Waals surface area contributed by atoms with Gasteiger partial charge < -0.3 is 16.0 Å². The first-order valence-corrected chi connectivity index (χ1v) is 11.3. The van der Waals surface area contributed by atoms with Gasteiger partial charge in [-0.3, -0.25) is 9.89 Å². The van der Waals surface area contributed by atoms with Crippen LogP contribution in [0.3, 0.4) is 0 Å². The van der Waals surface area contributed by atoms with Crippen LogP contribution in [0.1, 0.15) is 44.2 Å². The van der Waals surface area contributed by atoms with Gasteiger partial charge in [0.25, 0.3) is 0 Å². The van der Waals surface area contributed by atoms with Crippen LogP contribution in [0, 0.1) is 0 Å². The molecule has 1 aromatic heterocycles. The van der Waals surface area contributed by atoms with Gasteiger partial charge >= 0.3 is 0 Å². The number of aliphatic imine (C=N–C) groups is 1. The third kappa shape index (κ3) is 7.34. The second kappa shape index (κ2) is 12.9. The maximum absolute atomic E-state index is 4.93. The molecule has 1 aliphatic heterocycles. The first-order chi connectivity index (χ1) is 14.9. The molecule has 3 rings (SSSR count). The number of aromatic nitrogens is 1. The Morgan fingerprint density at radius 1 is 1.00 bits per heavy atom. The molecule has 1 aliphatic rings. The lowest BCUT2D eigenvalue weighted by molar-refractivity contribution is 0.251. The zero-order valence-electron chi connectivity index (χ0n) is 18.2. The molecule has 2 aromatic rings. The van der Waals surface area contributed by atoms with Crippen molar-refractivity contribution in [2.24, 2.45) is 4.99 Å². The lowest BCUT2D eigenvalue weighted by Crippen LogP contribution is -2.39. The number of unbranched alkanes of at least 4 members (excludes halogenated alkanes) is 1. The molecule has 0 spiro atoms. The summed E-state index contributed by atoms with van der Waals surface area (Å²) in [6, 6.07) is 17.1. The van der Waals surface area contributed by atoms with E-state index in [0.29, 0.717) is 6.04 Å². The van der Waals surface area contributed by atoms with Gasteiger partial charge in [0.05, 0.1) is 12.6 Å². The number of anilines is 1. The maximum atomic E-state index is 4.93.